The van der Waals surface area contributed by atoms with E-state index in [1.54, 1.807) is 18.7 Å². The Morgan fingerprint density at radius 3 is 2.09 bits per heavy atom. The molecule has 1 heterocycles. The highest BCUT2D eigenvalue weighted by Gasteiger charge is 2.51. The van der Waals surface area contributed by atoms with Crippen molar-refractivity contribution in [2.24, 2.45) is 23.2 Å². The molecule has 4 atom stereocenters. The van der Waals surface area contributed by atoms with Crippen LogP contribution in [0.4, 0.5) is 4.79 Å². The van der Waals surface area contributed by atoms with E-state index in [0.717, 1.165) is 51.4 Å². The van der Waals surface area contributed by atoms with Gasteiger partial charge in [-0.25, -0.2) is 13.2 Å². The fourth-order valence-electron chi connectivity index (χ4n) is 8.72. The normalized spacial score (nSPS) is 23.8. The van der Waals surface area contributed by atoms with Crippen molar-refractivity contribution >= 4 is 39.4 Å². The van der Waals surface area contributed by atoms with Crippen LogP contribution in [0.1, 0.15) is 144 Å². The summed E-state index contributed by atoms with van der Waals surface area (Å²) < 4.78 is 26.4. The zero-order valence-corrected chi connectivity index (χ0v) is 34.5. The lowest BCUT2D eigenvalue weighted by Gasteiger charge is -2.44. The molecular formula is C41H67N5O7S. The minimum atomic E-state index is -3.59. The van der Waals surface area contributed by atoms with Gasteiger partial charge in [0.05, 0.1) is 22.1 Å². The molecule has 13 heteroatoms. The first kappa shape index (κ1) is 43.6. The van der Waals surface area contributed by atoms with Gasteiger partial charge in [-0.1, -0.05) is 66.2 Å². The summed E-state index contributed by atoms with van der Waals surface area (Å²) in [5.41, 5.74) is -1.57. The lowest BCUT2D eigenvalue weighted by Crippen LogP contribution is -2.64. The minimum absolute atomic E-state index is 0.0145. The Bertz CT molecular complexity index is 1520. The topological polar surface area (TPSA) is 171 Å². The van der Waals surface area contributed by atoms with E-state index >= 15 is 0 Å². The van der Waals surface area contributed by atoms with Crippen LogP contribution in [0.5, 0.6) is 0 Å². The lowest BCUT2D eigenvalue weighted by molar-refractivity contribution is -0.145. The van der Waals surface area contributed by atoms with E-state index in [4.69, 9.17) is 6.42 Å². The Balaban J connectivity index is 1.60. The monoisotopic (exact) mass is 773 g/mol. The molecule has 0 aromatic rings. The number of likely N-dealkylation sites (tertiary alicyclic amines) is 1. The number of hydrogen-bond acceptors (Lipinski definition) is 7. The molecule has 4 rings (SSSR count). The second kappa shape index (κ2) is 18.2. The van der Waals surface area contributed by atoms with Gasteiger partial charge in [0.2, 0.25) is 17.6 Å². The average molecular weight is 774 g/mol. The number of hydrogen-bond donors (Lipinski definition) is 4. The van der Waals surface area contributed by atoms with Gasteiger partial charge < -0.3 is 26.2 Å². The molecule has 0 radical (unpaired) electrons. The van der Waals surface area contributed by atoms with E-state index in [-0.39, 0.29) is 42.9 Å². The molecule has 3 saturated carbocycles. The molecule has 4 fully saturated rings. The molecule has 1 saturated heterocycles. The molecule has 3 aliphatic carbocycles. The number of terminal acetylenes is 1. The fraction of sp³-hybridized carbons (Fsp3) is 0.829. The van der Waals surface area contributed by atoms with Gasteiger partial charge in [-0.05, 0) is 94.8 Å². The van der Waals surface area contributed by atoms with E-state index in [2.05, 4.69) is 27.2 Å². The van der Waals surface area contributed by atoms with Gasteiger partial charge in [0.1, 0.15) is 12.1 Å². The van der Waals surface area contributed by atoms with Crippen molar-refractivity contribution in [3.63, 3.8) is 0 Å². The Morgan fingerprint density at radius 2 is 1.54 bits per heavy atom. The lowest BCUT2D eigenvalue weighted by atomic mass is 9.70. The maximum absolute atomic E-state index is 14.9. The molecule has 12 nitrogen and oxygen atoms in total. The minimum Gasteiger partial charge on any atom is -0.349 e. The predicted molar refractivity (Wildman–Crippen MR) is 210 cm³/mol. The molecule has 5 amide bonds. The summed E-state index contributed by atoms with van der Waals surface area (Å²) in [6.07, 6.45) is 16.6. The van der Waals surface area contributed by atoms with Crippen LogP contribution < -0.4 is 21.3 Å². The van der Waals surface area contributed by atoms with Crippen LogP contribution in [-0.4, -0.2) is 90.1 Å². The van der Waals surface area contributed by atoms with E-state index < -0.39 is 67.3 Å². The maximum Gasteiger partial charge on any atom is 0.315 e. The number of nitrogens with zero attached hydrogens (tertiary/aromatic N) is 1. The average Bonchev–Trinajstić information content (AvgIpc) is 3.85. The molecule has 4 N–H and O–H groups in total. The summed E-state index contributed by atoms with van der Waals surface area (Å²) in [4.78, 5) is 71.1. The molecule has 0 bridgehead atoms. The number of nitrogens with one attached hydrogen (secondary N) is 4. The standard InChI is InChI=1S/C41H67N5O7S/c1-8-10-17-31(33(47)36(49)42-26-29-18-19-29)43-35(48)32-30(28(3)4)20-25-46(32)37(50)34(40(7)21-13-11-14-22-40)44-38(51)45-41(23-15-12-16-24-41)27-54(52,53)39(5,6)9-2/h1,28-32,34H,9-27H2,2-7H3,(H,42,49)(H,43,48)(H2,44,45,51)/t30?,31?,32-,34+/m0/s1. The van der Waals surface area contributed by atoms with Crippen LogP contribution in [0, 0.1) is 35.5 Å². The largest absolute Gasteiger partial charge is 0.349 e. The van der Waals surface area contributed by atoms with Crippen molar-refractivity contribution in [2.75, 3.05) is 18.8 Å². The fourth-order valence-corrected chi connectivity index (χ4v) is 10.6. The van der Waals surface area contributed by atoms with Crippen molar-refractivity contribution in [2.45, 2.75) is 173 Å². The van der Waals surface area contributed by atoms with Crippen molar-refractivity contribution in [3.05, 3.63) is 0 Å². The van der Waals surface area contributed by atoms with Crippen molar-refractivity contribution < 1.29 is 32.4 Å². The Hall–Kier alpha value is -3.14. The van der Waals surface area contributed by atoms with Crippen LogP contribution >= 0.6 is 0 Å². The highest BCUT2D eigenvalue weighted by atomic mass is 32.2. The molecule has 2 unspecified atom stereocenters. The van der Waals surface area contributed by atoms with Crippen LogP contribution in [-0.2, 0) is 29.0 Å². The van der Waals surface area contributed by atoms with Crippen molar-refractivity contribution in [3.8, 4) is 12.3 Å². The number of sulfone groups is 1. The molecule has 4 aliphatic rings. The highest BCUT2D eigenvalue weighted by molar-refractivity contribution is 7.92. The van der Waals surface area contributed by atoms with Crippen LogP contribution in [0.15, 0.2) is 0 Å². The third kappa shape index (κ3) is 10.6. The molecule has 0 aromatic carbocycles. The molecule has 54 heavy (non-hydrogen) atoms. The van der Waals surface area contributed by atoms with Gasteiger partial charge in [-0.15, -0.1) is 12.3 Å². The van der Waals surface area contributed by atoms with Gasteiger partial charge in [-0.3, -0.25) is 19.2 Å². The number of amides is 5. The van der Waals surface area contributed by atoms with Gasteiger partial charge >= 0.3 is 6.03 Å². The number of ketones is 1. The second-order valence-electron chi connectivity index (χ2n) is 18.0. The SMILES string of the molecule is C#CCCC(NC(=O)[C@@H]1C(C(C)C)CCN1C(=O)[C@@H](NC(=O)NC1(CS(=O)(=O)C(C)(C)CC)CCCCC1)C1(C)CCCCC1)C(=O)C(=O)NCC1CC1. The van der Waals surface area contributed by atoms with Gasteiger partial charge in [0.25, 0.3) is 5.91 Å². The summed E-state index contributed by atoms with van der Waals surface area (Å²) >= 11 is 0. The number of rotatable bonds is 17. The maximum atomic E-state index is 14.9. The number of carbonyl (C=O) groups excluding carboxylic acids is 5. The zero-order valence-electron chi connectivity index (χ0n) is 33.7. The van der Waals surface area contributed by atoms with Crippen LogP contribution in [0.25, 0.3) is 0 Å². The number of urea groups is 1. The van der Waals surface area contributed by atoms with Crippen molar-refractivity contribution in [1.82, 2.24) is 26.2 Å². The van der Waals surface area contributed by atoms with Gasteiger partial charge in [-0.2, -0.15) is 0 Å². The number of carbonyl (C=O) groups is 5. The molecule has 0 aromatic heterocycles. The van der Waals surface area contributed by atoms with Crippen LogP contribution in [0.3, 0.4) is 0 Å². The summed E-state index contributed by atoms with van der Waals surface area (Å²) in [5.74, 6) is 0.0670. The summed E-state index contributed by atoms with van der Waals surface area (Å²) in [7, 11) is -3.59. The number of Topliss-reactive ketones (excluding diaryl/α,β-unsaturated/α-hetero) is 1. The first-order valence-electron chi connectivity index (χ1n) is 20.6. The quantitative estimate of drug-likeness (QED) is 0.122. The molecule has 1 aliphatic heterocycles. The van der Waals surface area contributed by atoms with Crippen LogP contribution in [0.2, 0.25) is 0 Å². The Kier molecular flexibility index (Phi) is 14.7. The Morgan fingerprint density at radius 1 is 0.926 bits per heavy atom. The molecular weight excluding hydrogens is 707 g/mol. The first-order valence-corrected chi connectivity index (χ1v) is 22.2. The third-order valence-electron chi connectivity index (χ3n) is 13.1. The summed E-state index contributed by atoms with van der Waals surface area (Å²) in [6.45, 7) is 12.0. The van der Waals surface area contributed by atoms with Gasteiger partial charge in [0, 0.05) is 19.5 Å². The van der Waals surface area contributed by atoms with Crippen molar-refractivity contribution in [1.29, 1.82) is 0 Å². The predicted octanol–water partition coefficient (Wildman–Crippen LogP) is 4.80. The Labute approximate surface area is 324 Å². The van der Waals surface area contributed by atoms with E-state index in [1.807, 2.05) is 27.7 Å². The second-order valence-corrected chi connectivity index (χ2v) is 20.6. The van der Waals surface area contributed by atoms with Gasteiger partial charge in [0.15, 0.2) is 9.84 Å². The van der Waals surface area contributed by atoms with E-state index in [1.165, 1.54) is 0 Å². The smallest absolute Gasteiger partial charge is 0.315 e. The summed E-state index contributed by atoms with van der Waals surface area (Å²) in [5, 5.41) is 11.7. The van der Waals surface area contributed by atoms with E-state index in [9.17, 15) is 32.4 Å². The molecule has 0 spiro atoms. The molecule has 304 valence electrons. The third-order valence-corrected chi connectivity index (χ3v) is 16.0. The van der Waals surface area contributed by atoms with E-state index in [0.29, 0.717) is 51.0 Å². The highest BCUT2D eigenvalue weighted by Crippen LogP contribution is 2.42. The summed E-state index contributed by atoms with van der Waals surface area (Å²) in [6, 6.07) is -3.63. The first-order chi connectivity index (χ1) is 25.4. The zero-order chi connectivity index (χ0) is 39.9.